The van der Waals surface area contributed by atoms with Crippen molar-refractivity contribution in [3.05, 3.63) is 99.0 Å². The average molecular weight is 639 g/mol. The van der Waals surface area contributed by atoms with Gasteiger partial charge in [0.1, 0.15) is 6.04 Å². The fourth-order valence-corrected chi connectivity index (χ4v) is 5.99. The molecule has 3 aromatic rings. The van der Waals surface area contributed by atoms with Gasteiger partial charge in [-0.15, -0.1) is 0 Å². The first kappa shape index (κ1) is 32.7. The number of hydrogen-bond acceptors (Lipinski definition) is 4. The van der Waals surface area contributed by atoms with E-state index in [0.29, 0.717) is 32.9 Å². The number of sulfonamides is 1. The molecule has 0 aliphatic rings. The number of hydrogen-bond donors (Lipinski definition) is 1. The van der Waals surface area contributed by atoms with E-state index in [1.807, 2.05) is 37.3 Å². The van der Waals surface area contributed by atoms with Gasteiger partial charge in [0.2, 0.25) is 21.8 Å². The van der Waals surface area contributed by atoms with Crippen molar-refractivity contribution in [1.82, 2.24) is 10.2 Å². The van der Waals surface area contributed by atoms with E-state index in [1.54, 1.807) is 42.5 Å². The van der Waals surface area contributed by atoms with Gasteiger partial charge in [-0.1, -0.05) is 78.1 Å². The van der Waals surface area contributed by atoms with Crippen molar-refractivity contribution in [3.8, 4) is 0 Å². The number of amides is 2. The van der Waals surface area contributed by atoms with Crippen LogP contribution in [0.3, 0.4) is 0 Å². The second kappa shape index (κ2) is 15.4. The zero-order chi connectivity index (χ0) is 30.0. The first-order valence-electron chi connectivity index (χ1n) is 13.3. The molecule has 3 rings (SSSR count). The lowest BCUT2D eigenvalue weighted by Crippen LogP contribution is -2.50. The van der Waals surface area contributed by atoms with Gasteiger partial charge in [0, 0.05) is 53.1 Å². The maximum absolute atomic E-state index is 13.9. The van der Waals surface area contributed by atoms with Gasteiger partial charge in [-0.25, -0.2) is 8.42 Å². The number of nitrogens with one attached hydrogen (secondary N) is 1. The lowest BCUT2D eigenvalue weighted by atomic mass is 10.0. The van der Waals surface area contributed by atoms with Crippen molar-refractivity contribution >= 4 is 62.3 Å². The molecule has 2 amide bonds. The van der Waals surface area contributed by atoms with Crippen LogP contribution in [0.1, 0.15) is 37.3 Å². The third-order valence-electron chi connectivity index (χ3n) is 6.48. The summed E-state index contributed by atoms with van der Waals surface area (Å²) in [7, 11) is -3.62. The summed E-state index contributed by atoms with van der Waals surface area (Å²) in [6, 6.07) is 20.1. The van der Waals surface area contributed by atoms with E-state index in [-0.39, 0.29) is 44.2 Å². The van der Waals surface area contributed by atoms with E-state index in [0.717, 1.165) is 18.2 Å². The van der Waals surface area contributed by atoms with Crippen LogP contribution in [0.4, 0.5) is 5.69 Å². The smallest absolute Gasteiger partial charge is 0.243 e. The van der Waals surface area contributed by atoms with Crippen molar-refractivity contribution in [3.63, 3.8) is 0 Å². The Hall–Kier alpha value is -2.78. The van der Waals surface area contributed by atoms with Crippen LogP contribution in [0.15, 0.2) is 72.8 Å². The van der Waals surface area contributed by atoms with Gasteiger partial charge in [0.15, 0.2) is 0 Å². The monoisotopic (exact) mass is 637 g/mol. The first-order chi connectivity index (χ1) is 19.5. The van der Waals surface area contributed by atoms with Crippen molar-refractivity contribution in [2.75, 3.05) is 23.7 Å². The fraction of sp³-hybridized carbons (Fsp3) is 0.333. The predicted octanol–water partition coefficient (Wildman–Crippen LogP) is 6.36. The molecule has 1 atom stereocenters. The summed E-state index contributed by atoms with van der Waals surface area (Å²) in [6.45, 7) is 2.50. The van der Waals surface area contributed by atoms with E-state index >= 15 is 0 Å². The highest BCUT2D eigenvalue weighted by molar-refractivity contribution is 7.92. The lowest BCUT2D eigenvalue weighted by Gasteiger charge is -2.32. The summed E-state index contributed by atoms with van der Waals surface area (Å²) in [6.07, 6.45) is 2.34. The highest BCUT2D eigenvalue weighted by atomic mass is 35.5. The van der Waals surface area contributed by atoms with E-state index in [4.69, 9.17) is 34.8 Å². The van der Waals surface area contributed by atoms with Gasteiger partial charge in [0.05, 0.1) is 11.9 Å². The molecule has 0 aliphatic heterocycles. The first-order valence-corrected chi connectivity index (χ1v) is 16.3. The van der Waals surface area contributed by atoms with E-state index < -0.39 is 16.1 Å². The van der Waals surface area contributed by atoms with Crippen LogP contribution in [0.2, 0.25) is 15.1 Å². The van der Waals surface area contributed by atoms with Gasteiger partial charge >= 0.3 is 0 Å². The number of carbonyl (C=O) groups excluding carboxylic acids is 2. The maximum atomic E-state index is 13.9. The quantitative estimate of drug-likeness (QED) is 0.223. The second-order valence-corrected chi connectivity index (χ2v) is 12.8. The lowest BCUT2D eigenvalue weighted by molar-refractivity contribution is -0.141. The molecule has 11 heteroatoms. The van der Waals surface area contributed by atoms with Crippen LogP contribution < -0.4 is 9.62 Å². The summed E-state index contributed by atoms with van der Waals surface area (Å²) in [5.41, 5.74) is 1.87. The zero-order valence-corrected chi connectivity index (χ0v) is 26.1. The van der Waals surface area contributed by atoms with Crippen LogP contribution in [0.5, 0.6) is 0 Å². The average Bonchev–Trinajstić information content (AvgIpc) is 2.93. The Morgan fingerprint density at radius 1 is 0.902 bits per heavy atom. The van der Waals surface area contributed by atoms with E-state index in [1.165, 1.54) is 9.21 Å². The number of rotatable bonds is 14. The Labute approximate surface area is 257 Å². The molecule has 0 fully saturated rings. The van der Waals surface area contributed by atoms with E-state index in [2.05, 4.69) is 5.32 Å². The summed E-state index contributed by atoms with van der Waals surface area (Å²) < 4.78 is 26.4. The predicted molar refractivity (Wildman–Crippen MR) is 167 cm³/mol. The van der Waals surface area contributed by atoms with Crippen LogP contribution in [0.25, 0.3) is 0 Å². The van der Waals surface area contributed by atoms with Crippen LogP contribution in [0, 0.1) is 0 Å². The van der Waals surface area contributed by atoms with Crippen LogP contribution >= 0.6 is 34.8 Å². The molecule has 0 radical (unpaired) electrons. The normalized spacial score (nSPS) is 12.0. The number of benzene rings is 3. The molecular formula is C30H34Cl3N3O4S. The van der Waals surface area contributed by atoms with Crippen molar-refractivity contribution in [2.24, 2.45) is 0 Å². The molecular weight excluding hydrogens is 605 g/mol. The van der Waals surface area contributed by atoms with Gasteiger partial charge in [-0.3, -0.25) is 13.9 Å². The molecule has 0 heterocycles. The molecule has 3 aromatic carbocycles. The Morgan fingerprint density at radius 2 is 1.54 bits per heavy atom. The Morgan fingerprint density at radius 3 is 2.12 bits per heavy atom. The molecule has 0 aliphatic carbocycles. The van der Waals surface area contributed by atoms with Gasteiger partial charge < -0.3 is 10.2 Å². The largest absolute Gasteiger partial charge is 0.354 e. The Balaban J connectivity index is 1.91. The molecule has 1 N–H and O–H groups in total. The number of anilines is 1. The number of nitrogens with zero attached hydrogens (tertiary/aromatic N) is 2. The molecule has 7 nitrogen and oxygen atoms in total. The Bertz CT molecular complexity index is 1400. The SMILES string of the molecule is CCCNC(=O)[C@H](Cc1ccccc1)N(Cc1c(Cl)cccc1Cl)C(=O)CCCN(c1ccc(Cl)cc1)S(C)(=O)=O. The highest BCUT2D eigenvalue weighted by Gasteiger charge is 2.31. The van der Waals surface area contributed by atoms with E-state index in [9.17, 15) is 18.0 Å². The zero-order valence-electron chi connectivity index (χ0n) is 23.0. The topological polar surface area (TPSA) is 86.8 Å². The molecule has 0 unspecified atom stereocenters. The van der Waals surface area contributed by atoms with Gasteiger partial charge in [0.25, 0.3) is 0 Å². The minimum atomic E-state index is -3.62. The summed E-state index contributed by atoms with van der Waals surface area (Å²) in [5.74, 6) is -0.607. The number of carbonyl (C=O) groups is 2. The molecule has 0 aromatic heterocycles. The van der Waals surface area contributed by atoms with Crippen molar-refractivity contribution in [1.29, 1.82) is 0 Å². The van der Waals surface area contributed by atoms with Gasteiger partial charge in [-0.2, -0.15) is 0 Å². The molecule has 0 bridgehead atoms. The Kier molecular flexibility index (Phi) is 12.3. The third kappa shape index (κ3) is 9.64. The minimum absolute atomic E-state index is 0.00592. The fourth-order valence-electron chi connectivity index (χ4n) is 4.38. The van der Waals surface area contributed by atoms with Crippen LogP contribution in [-0.4, -0.2) is 50.5 Å². The summed E-state index contributed by atoms with van der Waals surface area (Å²) in [4.78, 5) is 28.8. The molecule has 0 saturated heterocycles. The standard InChI is InChI=1S/C30H34Cl3N3O4S/c1-3-18-34-30(38)28(20-22-9-5-4-6-10-22)35(21-25-26(32)11-7-12-27(25)33)29(37)13-8-19-36(41(2,39)40)24-16-14-23(31)15-17-24/h4-7,9-12,14-17,28H,3,8,13,18-21H2,1-2H3,(H,34,38)/t28-/m0/s1. The molecule has 0 saturated carbocycles. The number of halogens is 3. The van der Waals surface area contributed by atoms with Crippen molar-refractivity contribution in [2.45, 2.75) is 45.2 Å². The third-order valence-corrected chi connectivity index (χ3v) is 8.63. The molecule has 220 valence electrons. The van der Waals surface area contributed by atoms with Gasteiger partial charge in [-0.05, 0) is 54.8 Å². The summed E-state index contributed by atoms with van der Waals surface area (Å²) >= 11 is 18.9. The molecule has 0 spiro atoms. The van der Waals surface area contributed by atoms with Crippen LogP contribution in [-0.2, 0) is 32.6 Å². The minimum Gasteiger partial charge on any atom is -0.354 e. The summed E-state index contributed by atoms with van der Waals surface area (Å²) in [5, 5.41) is 4.18. The highest BCUT2D eigenvalue weighted by Crippen LogP contribution is 2.28. The van der Waals surface area contributed by atoms with Crippen molar-refractivity contribution < 1.29 is 18.0 Å². The molecule has 41 heavy (non-hydrogen) atoms. The maximum Gasteiger partial charge on any atom is 0.243 e. The second-order valence-electron chi connectivity index (χ2n) is 9.63.